The van der Waals surface area contributed by atoms with Gasteiger partial charge in [-0.15, -0.1) is 11.3 Å². The Hall–Kier alpha value is -0.960. The first-order valence-corrected chi connectivity index (χ1v) is 5.62. The van der Waals surface area contributed by atoms with E-state index in [2.05, 4.69) is 11.9 Å². The molecule has 1 aliphatic rings. The van der Waals surface area contributed by atoms with Crippen LogP contribution in [0, 0.1) is 13.8 Å². The van der Waals surface area contributed by atoms with Gasteiger partial charge in [-0.1, -0.05) is 5.57 Å². The summed E-state index contributed by atoms with van der Waals surface area (Å²) in [5, 5.41) is 1.14. The van der Waals surface area contributed by atoms with Crippen LogP contribution in [0.2, 0.25) is 0 Å². The largest absolute Gasteiger partial charge is 0.295 e. The van der Waals surface area contributed by atoms with Gasteiger partial charge in [-0.2, -0.15) is 0 Å². The van der Waals surface area contributed by atoms with Crippen LogP contribution in [0.5, 0.6) is 0 Å². The number of thiazole rings is 1. The van der Waals surface area contributed by atoms with E-state index in [0.29, 0.717) is 6.42 Å². The molecule has 0 bridgehead atoms. The molecular weight excluding hydrogens is 194 g/mol. The first kappa shape index (κ1) is 9.59. The van der Waals surface area contributed by atoms with Crippen molar-refractivity contribution in [3.8, 4) is 0 Å². The van der Waals surface area contributed by atoms with E-state index in [1.807, 2.05) is 6.92 Å². The van der Waals surface area contributed by atoms with Gasteiger partial charge in [0.2, 0.25) is 0 Å². The second-order valence-electron chi connectivity index (χ2n) is 3.69. The van der Waals surface area contributed by atoms with E-state index in [9.17, 15) is 4.79 Å². The molecule has 0 aliphatic heterocycles. The van der Waals surface area contributed by atoms with E-state index in [0.717, 1.165) is 23.5 Å². The molecule has 0 unspecified atom stereocenters. The van der Waals surface area contributed by atoms with Gasteiger partial charge in [0.1, 0.15) is 0 Å². The van der Waals surface area contributed by atoms with Gasteiger partial charge in [-0.25, -0.2) is 4.98 Å². The van der Waals surface area contributed by atoms with Gasteiger partial charge in [0.15, 0.2) is 5.78 Å². The molecule has 0 aromatic carbocycles. The lowest BCUT2D eigenvalue weighted by Crippen LogP contribution is -1.86. The molecule has 0 atom stereocenters. The molecule has 0 radical (unpaired) electrons. The quantitative estimate of drug-likeness (QED) is 0.746. The summed E-state index contributed by atoms with van der Waals surface area (Å²) < 4.78 is 0. The molecule has 1 heterocycles. The molecule has 2 nitrogen and oxygen atoms in total. The number of carbonyl (C=O) groups is 1. The third kappa shape index (κ3) is 1.93. The van der Waals surface area contributed by atoms with Crippen molar-refractivity contribution in [3.63, 3.8) is 0 Å². The van der Waals surface area contributed by atoms with Gasteiger partial charge in [-0.3, -0.25) is 4.79 Å². The average Bonchev–Trinajstić information content (AvgIpc) is 2.62. The maximum absolute atomic E-state index is 11.0. The van der Waals surface area contributed by atoms with E-state index >= 15 is 0 Å². The lowest BCUT2D eigenvalue weighted by atomic mass is 10.2. The molecule has 0 saturated carbocycles. The number of aryl methyl sites for hydroxylation is 2. The molecule has 3 heteroatoms. The Bertz CT molecular complexity index is 384. The second-order valence-corrected chi connectivity index (χ2v) is 4.98. The Kier molecular flexibility index (Phi) is 2.50. The Labute approximate surface area is 87.7 Å². The summed E-state index contributed by atoms with van der Waals surface area (Å²) in [7, 11) is 0. The summed E-state index contributed by atoms with van der Waals surface area (Å²) in [5.41, 5.74) is 2.36. The van der Waals surface area contributed by atoms with Crippen molar-refractivity contribution in [2.24, 2.45) is 0 Å². The van der Waals surface area contributed by atoms with Crippen LogP contribution in [-0.4, -0.2) is 10.8 Å². The van der Waals surface area contributed by atoms with E-state index < -0.39 is 0 Å². The first-order valence-electron chi connectivity index (χ1n) is 4.80. The van der Waals surface area contributed by atoms with Gasteiger partial charge in [0, 0.05) is 17.7 Å². The molecule has 14 heavy (non-hydrogen) atoms. The SMILES string of the molecule is Cc1nc(CC2=CC(=O)CC2)sc1C. The van der Waals surface area contributed by atoms with Crippen LogP contribution in [0.1, 0.15) is 28.4 Å². The van der Waals surface area contributed by atoms with E-state index in [1.165, 1.54) is 10.5 Å². The predicted molar refractivity (Wildman–Crippen MR) is 57.6 cm³/mol. The number of nitrogens with zero attached hydrogens (tertiary/aromatic N) is 1. The van der Waals surface area contributed by atoms with Crippen molar-refractivity contribution in [1.29, 1.82) is 0 Å². The maximum atomic E-state index is 11.0. The number of ketones is 1. The number of hydrogen-bond acceptors (Lipinski definition) is 3. The highest BCUT2D eigenvalue weighted by atomic mass is 32.1. The molecule has 0 amide bonds. The van der Waals surface area contributed by atoms with Gasteiger partial charge < -0.3 is 0 Å². The smallest absolute Gasteiger partial charge is 0.155 e. The van der Waals surface area contributed by atoms with Crippen LogP contribution in [0.3, 0.4) is 0 Å². The molecule has 1 aromatic heterocycles. The Morgan fingerprint density at radius 3 is 2.71 bits per heavy atom. The first-order chi connectivity index (χ1) is 6.65. The summed E-state index contributed by atoms with van der Waals surface area (Å²) in [6.07, 6.45) is 4.27. The topological polar surface area (TPSA) is 30.0 Å². The molecule has 0 spiro atoms. The number of carbonyl (C=O) groups excluding carboxylic acids is 1. The molecular formula is C11H13NOS. The summed E-state index contributed by atoms with van der Waals surface area (Å²) in [5.74, 6) is 0.269. The average molecular weight is 207 g/mol. The van der Waals surface area contributed by atoms with Crippen LogP contribution in [0.15, 0.2) is 11.6 Å². The molecule has 2 rings (SSSR count). The van der Waals surface area contributed by atoms with E-state index in [4.69, 9.17) is 0 Å². The van der Waals surface area contributed by atoms with Crippen molar-refractivity contribution in [1.82, 2.24) is 4.98 Å². The maximum Gasteiger partial charge on any atom is 0.155 e. The second kappa shape index (κ2) is 3.65. The Morgan fingerprint density at radius 1 is 1.43 bits per heavy atom. The standard InChI is InChI=1S/C11H13NOS/c1-7-8(2)14-11(12-7)6-9-3-4-10(13)5-9/h5H,3-4,6H2,1-2H3. The van der Waals surface area contributed by atoms with Crippen LogP contribution in [0.4, 0.5) is 0 Å². The van der Waals surface area contributed by atoms with Crippen LogP contribution >= 0.6 is 11.3 Å². The summed E-state index contributed by atoms with van der Waals surface area (Å²) in [6, 6.07) is 0. The van der Waals surface area contributed by atoms with E-state index in [1.54, 1.807) is 17.4 Å². The van der Waals surface area contributed by atoms with Crippen molar-refractivity contribution >= 4 is 17.1 Å². The highest BCUT2D eigenvalue weighted by molar-refractivity contribution is 7.11. The van der Waals surface area contributed by atoms with Crippen molar-refractivity contribution in [2.45, 2.75) is 33.1 Å². The third-order valence-electron chi connectivity index (χ3n) is 2.51. The molecule has 74 valence electrons. The van der Waals surface area contributed by atoms with Crippen molar-refractivity contribution in [3.05, 3.63) is 27.2 Å². The minimum atomic E-state index is 0.269. The van der Waals surface area contributed by atoms with Gasteiger partial charge in [0.05, 0.1) is 10.7 Å². The highest BCUT2D eigenvalue weighted by Crippen LogP contribution is 2.23. The monoisotopic (exact) mass is 207 g/mol. The predicted octanol–water partition coefficient (Wildman–Crippen LogP) is 2.59. The number of hydrogen-bond donors (Lipinski definition) is 0. The fourth-order valence-corrected chi connectivity index (χ4v) is 2.59. The normalized spacial score (nSPS) is 16.1. The van der Waals surface area contributed by atoms with E-state index in [-0.39, 0.29) is 5.78 Å². The zero-order chi connectivity index (χ0) is 10.1. The lowest BCUT2D eigenvalue weighted by molar-refractivity contribution is -0.114. The third-order valence-corrected chi connectivity index (χ3v) is 3.58. The van der Waals surface area contributed by atoms with Crippen LogP contribution < -0.4 is 0 Å². The van der Waals surface area contributed by atoms with Crippen molar-refractivity contribution in [2.75, 3.05) is 0 Å². The molecule has 0 fully saturated rings. The van der Waals surface area contributed by atoms with Gasteiger partial charge in [0.25, 0.3) is 0 Å². The van der Waals surface area contributed by atoms with Gasteiger partial charge >= 0.3 is 0 Å². The minimum absolute atomic E-state index is 0.269. The van der Waals surface area contributed by atoms with Crippen LogP contribution in [-0.2, 0) is 11.2 Å². The van der Waals surface area contributed by atoms with Crippen molar-refractivity contribution < 1.29 is 4.79 Å². The fraction of sp³-hybridized carbons (Fsp3) is 0.455. The number of aromatic nitrogens is 1. The highest BCUT2D eigenvalue weighted by Gasteiger charge is 2.14. The minimum Gasteiger partial charge on any atom is -0.295 e. The van der Waals surface area contributed by atoms with Gasteiger partial charge in [-0.05, 0) is 26.3 Å². The summed E-state index contributed by atoms with van der Waals surface area (Å²) in [6.45, 7) is 4.12. The molecule has 1 aromatic rings. The lowest BCUT2D eigenvalue weighted by Gasteiger charge is -1.95. The molecule has 0 saturated heterocycles. The Balaban J connectivity index is 2.11. The van der Waals surface area contributed by atoms with Crippen LogP contribution in [0.25, 0.3) is 0 Å². The number of allylic oxidation sites excluding steroid dienone is 2. The zero-order valence-corrected chi connectivity index (χ0v) is 9.28. The number of rotatable bonds is 2. The fourth-order valence-electron chi connectivity index (χ4n) is 1.60. The summed E-state index contributed by atoms with van der Waals surface area (Å²) >= 11 is 1.74. The molecule has 0 N–H and O–H groups in total. The zero-order valence-electron chi connectivity index (χ0n) is 8.46. The molecule has 1 aliphatic carbocycles. The Morgan fingerprint density at radius 2 is 2.21 bits per heavy atom. The summed E-state index contributed by atoms with van der Waals surface area (Å²) in [4.78, 5) is 16.8.